The van der Waals surface area contributed by atoms with Crippen molar-refractivity contribution in [3.8, 4) is 5.88 Å². The summed E-state index contributed by atoms with van der Waals surface area (Å²) >= 11 is 0. The molecule has 0 aliphatic rings. The summed E-state index contributed by atoms with van der Waals surface area (Å²) in [5.41, 5.74) is -0.108. The summed E-state index contributed by atoms with van der Waals surface area (Å²) < 4.78 is 13.8. The minimum absolute atomic E-state index is 0.265. The zero-order chi connectivity index (χ0) is 9.59. The fraction of sp³-hybridized carbons (Fsp3) is 0.143. The molecule has 0 saturated carbocycles. The van der Waals surface area contributed by atoms with Crippen LogP contribution in [-0.4, -0.2) is 19.7 Å². The maximum Gasteiger partial charge on any atom is 0.291 e. The number of fused-ring (bicyclic) bond motifs is 1. The third-order valence-electron chi connectivity index (χ3n) is 1.67. The lowest BCUT2D eigenvalue weighted by Gasteiger charge is -1.96. The Morgan fingerprint density at radius 2 is 2.38 bits per heavy atom. The third kappa shape index (κ3) is 0.986. The van der Waals surface area contributed by atoms with Crippen LogP contribution in [0.3, 0.4) is 0 Å². The predicted octanol–water partition coefficient (Wildman–Crippen LogP) is 0.176. The van der Waals surface area contributed by atoms with Gasteiger partial charge in [-0.25, -0.2) is 0 Å². The fourth-order valence-corrected chi connectivity index (χ4v) is 1.12. The van der Waals surface area contributed by atoms with E-state index in [1.807, 2.05) is 0 Å². The summed E-state index contributed by atoms with van der Waals surface area (Å²) in [4.78, 5) is 13.1. The Morgan fingerprint density at radius 1 is 1.69 bits per heavy atom. The number of hydrogen-bond donors (Lipinski definition) is 2. The molecular formula is C7H6FN3O2. The number of hydrogen-bond acceptors (Lipinski definition) is 3. The zero-order valence-corrected chi connectivity index (χ0v) is 6.71. The van der Waals surface area contributed by atoms with Crippen LogP contribution in [-0.2, 0) is 0 Å². The van der Waals surface area contributed by atoms with Gasteiger partial charge in [0, 0.05) is 6.07 Å². The maximum absolute atomic E-state index is 12.8. The van der Waals surface area contributed by atoms with Crippen molar-refractivity contribution in [2.24, 2.45) is 0 Å². The largest absolute Gasteiger partial charge is 0.491 e. The molecule has 0 aromatic carbocycles. The number of rotatable bonds is 0. The Balaban J connectivity index is 3.01. The van der Waals surface area contributed by atoms with Crippen LogP contribution < -0.4 is 5.56 Å². The lowest BCUT2D eigenvalue weighted by Crippen LogP contribution is -2.13. The van der Waals surface area contributed by atoms with E-state index < -0.39 is 17.3 Å². The monoisotopic (exact) mass is 183 g/mol. The van der Waals surface area contributed by atoms with Gasteiger partial charge in [0.05, 0.1) is 5.69 Å². The molecule has 0 aliphatic heterocycles. The van der Waals surface area contributed by atoms with Gasteiger partial charge in [0.15, 0.2) is 0 Å². The summed E-state index contributed by atoms with van der Waals surface area (Å²) in [5, 5.41) is 12.9. The van der Waals surface area contributed by atoms with Crippen molar-refractivity contribution in [2.75, 3.05) is 0 Å². The first-order valence-electron chi connectivity index (χ1n) is 3.56. The van der Waals surface area contributed by atoms with Crippen LogP contribution in [0.1, 0.15) is 5.69 Å². The molecule has 0 bridgehead atoms. The van der Waals surface area contributed by atoms with Crippen molar-refractivity contribution < 1.29 is 9.50 Å². The molecular weight excluding hydrogens is 177 g/mol. The second-order valence-electron chi connectivity index (χ2n) is 2.67. The van der Waals surface area contributed by atoms with E-state index in [4.69, 9.17) is 5.11 Å². The van der Waals surface area contributed by atoms with Crippen LogP contribution in [0.25, 0.3) is 5.65 Å². The SMILES string of the molecule is Cc1cc2[nH]c(=O)c(F)c(O)n2n1. The van der Waals surface area contributed by atoms with Crippen molar-refractivity contribution in [2.45, 2.75) is 6.92 Å². The molecule has 2 aromatic heterocycles. The zero-order valence-electron chi connectivity index (χ0n) is 6.71. The highest BCUT2D eigenvalue weighted by Crippen LogP contribution is 2.12. The first-order chi connectivity index (χ1) is 6.09. The van der Waals surface area contributed by atoms with Gasteiger partial charge in [-0.15, -0.1) is 0 Å². The normalized spacial score (nSPS) is 10.9. The van der Waals surface area contributed by atoms with Crippen LogP contribution in [0.2, 0.25) is 0 Å². The molecule has 2 aromatic rings. The molecule has 0 fully saturated rings. The molecule has 2 heterocycles. The smallest absolute Gasteiger partial charge is 0.291 e. The van der Waals surface area contributed by atoms with Crippen LogP contribution in [0.5, 0.6) is 5.88 Å². The Kier molecular flexibility index (Phi) is 1.39. The van der Waals surface area contributed by atoms with Gasteiger partial charge in [0.25, 0.3) is 11.4 Å². The van der Waals surface area contributed by atoms with E-state index in [0.717, 1.165) is 4.52 Å². The lowest BCUT2D eigenvalue weighted by atomic mass is 10.5. The van der Waals surface area contributed by atoms with E-state index in [1.165, 1.54) is 6.07 Å². The Morgan fingerprint density at radius 3 is 3.08 bits per heavy atom. The molecule has 6 heteroatoms. The fourth-order valence-electron chi connectivity index (χ4n) is 1.12. The molecule has 0 amide bonds. The van der Waals surface area contributed by atoms with Gasteiger partial charge in [0.1, 0.15) is 5.65 Å². The minimum Gasteiger partial charge on any atom is -0.491 e. The standard InChI is InChI=1S/C7H6FN3O2/c1-3-2-4-9-6(12)5(8)7(13)11(4)10-3/h2,13H,1H3,(H,9,12). The molecule has 5 nitrogen and oxygen atoms in total. The van der Waals surface area contributed by atoms with Crippen molar-refractivity contribution in [3.05, 3.63) is 27.9 Å². The van der Waals surface area contributed by atoms with E-state index in [2.05, 4.69) is 10.1 Å². The highest BCUT2D eigenvalue weighted by Gasteiger charge is 2.11. The van der Waals surface area contributed by atoms with Gasteiger partial charge in [-0.05, 0) is 6.92 Å². The molecule has 13 heavy (non-hydrogen) atoms. The Labute approximate surface area is 71.4 Å². The van der Waals surface area contributed by atoms with Crippen molar-refractivity contribution in [1.29, 1.82) is 0 Å². The van der Waals surface area contributed by atoms with Gasteiger partial charge < -0.3 is 10.1 Å². The quantitative estimate of drug-likeness (QED) is 0.611. The highest BCUT2D eigenvalue weighted by molar-refractivity contribution is 5.41. The Bertz CT molecular complexity index is 528. The topological polar surface area (TPSA) is 70.4 Å². The minimum atomic E-state index is -1.23. The summed E-state index contributed by atoms with van der Waals surface area (Å²) in [5.74, 6) is -2.00. The summed E-state index contributed by atoms with van der Waals surface area (Å²) in [6.45, 7) is 1.67. The van der Waals surface area contributed by atoms with Crippen molar-refractivity contribution in [3.63, 3.8) is 0 Å². The van der Waals surface area contributed by atoms with Gasteiger partial charge in [-0.3, -0.25) is 4.79 Å². The summed E-state index contributed by atoms with van der Waals surface area (Å²) in [7, 11) is 0. The number of nitrogens with zero attached hydrogens (tertiary/aromatic N) is 2. The molecule has 0 radical (unpaired) electrons. The first-order valence-corrected chi connectivity index (χ1v) is 3.56. The van der Waals surface area contributed by atoms with E-state index in [9.17, 15) is 9.18 Å². The van der Waals surface area contributed by atoms with Gasteiger partial charge >= 0.3 is 0 Å². The molecule has 0 aliphatic carbocycles. The second-order valence-corrected chi connectivity index (χ2v) is 2.67. The molecule has 68 valence electrons. The maximum atomic E-state index is 12.8. The molecule has 2 N–H and O–H groups in total. The molecule has 0 saturated heterocycles. The van der Waals surface area contributed by atoms with Crippen LogP contribution in [0.15, 0.2) is 10.9 Å². The average Bonchev–Trinajstić information content (AvgIpc) is 2.42. The number of halogens is 1. The van der Waals surface area contributed by atoms with Gasteiger partial charge in [-0.1, -0.05) is 0 Å². The highest BCUT2D eigenvalue weighted by atomic mass is 19.1. The van der Waals surface area contributed by atoms with Crippen molar-refractivity contribution in [1.82, 2.24) is 14.6 Å². The number of aromatic nitrogens is 3. The van der Waals surface area contributed by atoms with Gasteiger partial charge in [0.2, 0.25) is 5.82 Å². The molecule has 2 rings (SSSR count). The van der Waals surface area contributed by atoms with E-state index in [0.29, 0.717) is 5.69 Å². The van der Waals surface area contributed by atoms with Crippen LogP contribution in [0, 0.1) is 12.7 Å². The van der Waals surface area contributed by atoms with Crippen LogP contribution >= 0.6 is 0 Å². The first kappa shape index (κ1) is 7.78. The number of aryl methyl sites for hydroxylation is 1. The average molecular weight is 183 g/mol. The number of aromatic hydroxyl groups is 1. The second kappa shape index (κ2) is 2.32. The van der Waals surface area contributed by atoms with Crippen molar-refractivity contribution >= 4 is 5.65 Å². The Hall–Kier alpha value is -1.85. The van der Waals surface area contributed by atoms with Gasteiger partial charge in [-0.2, -0.15) is 14.0 Å². The van der Waals surface area contributed by atoms with E-state index in [1.54, 1.807) is 6.92 Å². The predicted molar refractivity (Wildman–Crippen MR) is 42.2 cm³/mol. The lowest BCUT2D eigenvalue weighted by molar-refractivity contribution is 0.390. The number of H-pyrrole nitrogens is 1. The summed E-state index contributed by atoms with van der Waals surface area (Å²) in [6, 6.07) is 1.53. The molecule has 0 spiro atoms. The van der Waals surface area contributed by atoms with Crippen LogP contribution in [0.4, 0.5) is 4.39 Å². The van der Waals surface area contributed by atoms with E-state index >= 15 is 0 Å². The number of nitrogens with one attached hydrogen (secondary N) is 1. The third-order valence-corrected chi connectivity index (χ3v) is 1.67. The van der Waals surface area contributed by atoms with E-state index in [-0.39, 0.29) is 5.65 Å². The number of aromatic amines is 1. The summed E-state index contributed by atoms with van der Waals surface area (Å²) in [6.07, 6.45) is 0. The molecule has 0 atom stereocenters. The molecule has 0 unspecified atom stereocenters.